The fourth-order valence-corrected chi connectivity index (χ4v) is 2.43. The van der Waals surface area contributed by atoms with Crippen molar-refractivity contribution in [3.63, 3.8) is 0 Å². The van der Waals surface area contributed by atoms with Crippen LogP contribution in [0.5, 0.6) is 0 Å². The number of rotatable bonds is 3. The van der Waals surface area contributed by atoms with Gasteiger partial charge in [0.1, 0.15) is 5.15 Å². The van der Waals surface area contributed by atoms with Crippen molar-refractivity contribution in [1.82, 2.24) is 15.0 Å². The summed E-state index contributed by atoms with van der Waals surface area (Å²) in [6, 6.07) is 3.91. The van der Waals surface area contributed by atoms with Gasteiger partial charge in [-0.05, 0) is 24.8 Å². The van der Waals surface area contributed by atoms with Gasteiger partial charge in [-0.2, -0.15) is 0 Å². The number of pyridine rings is 1. The van der Waals surface area contributed by atoms with Gasteiger partial charge in [0, 0.05) is 17.8 Å². The highest BCUT2D eigenvalue weighted by Crippen LogP contribution is 2.31. The lowest BCUT2D eigenvalue weighted by Gasteiger charge is -2.02. The molecule has 0 aliphatic carbocycles. The van der Waals surface area contributed by atoms with Crippen LogP contribution in [0.2, 0.25) is 5.15 Å². The number of hydrogen-bond donors (Lipinski definition) is 1. The molecule has 0 amide bonds. The number of nitrogens with one attached hydrogen (secondary N) is 1. The van der Waals surface area contributed by atoms with Crippen molar-refractivity contribution in [2.45, 2.75) is 17.1 Å². The molecule has 0 atom stereocenters. The minimum Gasteiger partial charge on any atom is -0.301 e. The van der Waals surface area contributed by atoms with Gasteiger partial charge in [-0.15, -0.1) is 0 Å². The lowest BCUT2D eigenvalue weighted by Crippen LogP contribution is -2.08. The van der Waals surface area contributed by atoms with E-state index < -0.39 is 4.92 Å². The highest BCUT2D eigenvalue weighted by atomic mass is 35.5. The number of H-pyrrole nitrogens is 1. The standard InChI is InChI=1S/C10H7ClN4O3S/c1-5-4-8(16)14-10(12-5)19-9-6(15(17)18)2-3-7(11)13-9/h2-4H,1H3,(H,12,14,16). The summed E-state index contributed by atoms with van der Waals surface area (Å²) in [4.78, 5) is 32.0. The van der Waals surface area contributed by atoms with E-state index in [0.29, 0.717) is 5.69 Å². The Morgan fingerprint density at radius 3 is 2.79 bits per heavy atom. The first-order chi connectivity index (χ1) is 8.95. The predicted molar refractivity (Wildman–Crippen MR) is 69.6 cm³/mol. The molecule has 2 rings (SSSR count). The van der Waals surface area contributed by atoms with E-state index in [-0.39, 0.29) is 26.6 Å². The summed E-state index contributed by atoms with van der Waals surface area (Å²) >= 11 is 6.59. The summed E-state index contributed by atoms with van der Waals surface area (Å²) in [5, 5.41) is 11.3. The number of halogens is 1. The zero-order valence-corrected chi connectivity index (χ0v) is 11.2. The van der Waals surface area contributed by atoms with Crippen molar-refractivity contribution in [3.05, 3.63) is 49.5 Å². The molecule has 0 radical (unpaired) electrons. The number of nitrogens with zero attached hydrogens (tertiary/aromatic N) is 3. The normalized spacial score (nSPS) is 10.4. The first-order valence-corrected chi connectivity index (χ1v) is 6.22. The SMILES string of the molecule is Cc1cc(=O)[nH]c(Sc2nc(Cl)ccc2[N+](=O)[O-])n1. The highest BCUT2D eigenvalue weighted by Gasteiger charge is 2.18. The summed E-state index contributed by atoms with van der Waals surface area (Å²) in [6.07, 6.45) is 0. The minimum atomic E-state index is -0.570. The van der Waals surface area contributed by atoms with Gasteiger partial charge in [0.2, 0.25) is 0 Å². The molecule has 98 valence electrons. The van der Waals surface area contributed by atoms with Crippen LogP contribution in [0.1, 0.15) is 5.69 Å². The van der Waals surface area contributed by atoms with E-state index >= 15 is 0 Å². The maximum atomic E-state index is 11.3. The zero-order valence-electron chi connectivity index (χ0n) is 9.58. The van der Waals surface area contributed by atoms with Gasteiger partial charge < -0.3 is 4.98 Å². The Labute approximate surface area is 116 Å². The molecule has 0 aliphatic heterocycles. The summed E-state index contributed by atoms with van der Waals surface area (Å²) in [7, 11) is 0. The molecule has 0 spiro atoms. The lowest BCUT2D eigenvalue weighted by atomic mass is 10.4. The average Bonchev–Trinajstić information content (AvgIpc) is 2.26. The van der Waals surface area contributed by atoms with Crippen molar-refractivity contribution in [2.24, 2.45) is 0 Å². The Morgan fingerprint density at radius 1 is 1.42 bits per heavy atom. The fourth-order valence-electron chi connectivity index (χ4n) is 1.32. The molecule has 1 N–H and O–H groups in total. The second-order valence-corrected chi connectivity index (χ2v) is 4.87. The number of aromatic nitrogens is 3. The molecule has 9 heteroatoms. The molecule has 2 heterocycles. The van der Waals surface area contributed by atoms with Gasteiger partial charge in [0.15, 0.2) is 10.2 Å². The van der Waals surface area contributed by atoms with Crippen molar-refractivity contribution in [3.8, 4) is 0 Å². The summed E-state index contributed by atoms with van der Waals surface area (Å²) in [5.41, 5.74) is -0.0193. The molecule has 0 aliphatic rings. The molecule has 7 nitrogen and oxygen atoms in total. The average molecular weight is 299 g/mol. The molecule has 2 aromatic heterocycles. The van der Waals surface area contributed by atoms with Crippen LogP contribution in [-0.2, 0) is 0 Å². The first-order valence-electron chi connectivity index (χ1n) is 5.02. The molecular formula is C10H7ClN4O3S. The van der Waals surface area contributed by atoms with Crippen molar-refractivity contribution >= 4 is 29.1 Å². The van der Waals surface area contributed by atoms with E-state index in [0.717, 1.165) is 11.8 Å². The summed E-state index contributed by atoms with van der Waals surface area (Å²) in [5.74, 6) is 0. The van der Waals surface area contributed by atoms with Crippen LogP contribution >= 0.6 is 23.4 Å². The van der Waals surface area contributed by atoms with Crippen molar-refractivity contribution in [1.29, 1.82) is 0 Å². The van der Waals surface area contributed by atoms with Crippen LogP contribution in [0, 0.1) is 17.0 Å². The molecule has 19 heavy (non-hydrogen) atoms. The Hall–Kier alpha value is -1.93. The molecule has 0 unspecified atom stereocenters. The van der Waals surface area contributed by atoms with Crippen LogP contribution in [0.3, 0.4) is 0 Å². The third kappa shape index (κ3) is 3.30. The quantitative estimate of drug-likeness (QED) is 0.403. The van der Waals surface area contributed by atoms with E-state index in [4.69, 9.17) is 11.6 Å². The summed E-state index contributed by atoms with van der Waals surface area (Å²) in [6.45, 7) is 1.65. The van der Waals surface area contributed by atoms with Crippen LogP contribution in [0.4, 0.5) is 5.69 Å². The molecular weight excluding hydrogens is 292 g/mol. The second-order valence-electron chi connectivity index (χ2n) is 3.51. The molecule has 0 bridgehead atoms. The van der Waals surface area contributed by atoms with Crippen LogP contribution in [0.15, 0.2) is 33.2 Å². The lowest BCUT2D eigenvalue weighted by molar-refractivity contribution is -0.388. The Morgan fingerprint density at radius 2 is 2.16 bits per heavy atom. The Kier molecular flexibility index (Phi) is 3.82. The van der Waals surface area contributed by atoms with Gasteiger partial charge in [-0.3, -0.25) is 14.9 Å². The van der Waals surface area contributed by atoms with E-state index in [2.05, 4.69) is 15.0 Å². The smallest absolute Gasteiger partial charge is 0.301 e. The van der Waals surface area contributed by atoms with E-state index in [1.54, 1.807) is 6.92 Å². The zero-order chi connectivity index (χ0) is 14.0. The number of aromatic amines is 1. The fraction of sp³-hybridized carbons (Fsp3) is 0.100. The molecule has 2 aromatic rings. The van der Waals surface area contributed by atoms with Crippen LogP contribution in [0.25, 0.3) is 0 Å². The van der Waals surface area contributed by atoms with Gasteiger partial charge in [0.05, 0.1) is 4.92 Å². The number of hydrogen-bond acceptors (Lipinski definition) is 6. The van der Waals surface area contributed by atoms with Crippen molar-refractivity contribution < 1.29 is 4.92 Å². The van der Waals surface area contributed by atoms with Gasteiger partial charge in [-0.25, -0.2) is 9.97 Å². The predicted octanol–water partition coefficient (Wildman–Crippen LogP) is 2.19. The molecule has 0 aromatic carbocycles. The third-order valence-corrected chi connectivity index (χ3v) is 3.14. The van der Waals surface area contributed by atoms with Crippen LogP contribution < -0.4 is 5.56 Å². The number of aryl methyl sites for hydroxylation is 1. The Bertz CT molecular complexity index is 703. The number of nitro groups is 1. The van der Waals surface area contributed by atoms with Gasteiger partial charge >= 0.3 is 5.69 Å². The molecule has 0 saturated carbocycles. The van der Waals surface area contributed by atoms with Crippen LogP contribution in [-0.4, -0.2) is 19.9 Å². The topological polar surface area (TPSA) is 102 Å². The maximum Gasteiger partial charge on any atom is 0.301 e. The molecule has 0 saturated heterocycles. The highest BCUT2D eigenvalue weighted by molar-refractivity contribution is 7.99. The first kappa shape index (κ1) is 13.5. The van der Waals surface area contributed by atoms with E-state index in [1.807, 2.05) is 0 Å². The van der Waals surface area contributed by atoms with Crippen molar-refractivity contribution in [2.75, 3.05) is 0 Å². The van der Waals surface area contributed by atoms with Gasteiger partial charge in [-0.1, -0.05) is 11.6 Å². The Balaban J connectivity index is 2.45. The van der Waals surface area contributed by atoms with Gasteiger partial charge in [0.25, 0.3) is 5.56 Å². The maximum absolute atomic E-state index is 11.3. The van der Waals surface area contributed by atoms with E-state index in [1.165, 1.54) is 18.2 Å². The monoisotopic (exact) mass is 298 g/mol. The molecule has 0 fully saturated rings. The minimum absolute atomic E-state index is 0.0752. The largest absolute Gasteiger partial charge is 0.301 e. The van der Waals surface area contributed by atoms with E-state index in [9.17, 15) is 14.9 Å². The summed E-state index contributed by atoms with van der Waals surface area (Å²) < 4.78 is 0. The third-order valence-electron chi connectivity index (χ3n) is 2.04. The second kappa shape index (κ2) is 5.37.